The molecule has 0 aliphatic carbocycles. The fourth-order valence-electron chi connectivity index (χ4n) is 2.40. The monoisotopic (exact) mass is 304 g/mol. The molecule has 0 unspecified atom stereocenters. The molecule has 0 spiro atoms. The van der Waals surface area contributed by atoms with Crippen LogP contribution in [0.4, 0.5) is 4.79 Å². The second kappa shape index (κ2) is 5.97. The van der Waals surface area contributed by atoms with Crippen molar-refractivity contribution in [2.24, 2.45) is 0 Å². The number of halogens is 1. The molecule has 20 heavy (non-hydrogen) atoms. The van der Waals surface area contributed by atoms with Gasteiger partial charge in [-0.2, -0.15) is 0 Å². The maximum atomic E-state index is 12.3. The van der Waals surface area contributed by atoms with Crippen LogP contribution in [0.3, 0.4) is 0 Å². The molecule has 0 aromatic heterocycles. The number of hydrogen-bond acceptors (Lipinski definition) is 4. The number of carbonyl (C=O) groups is 3. The molecule has 2 fully saturated rings. The molecule has 7 nitrogen and oxygen atoms in total. The lowest BCUT2D eigenvalue weighted by Gasteiger charge is -2.36. The fourth-order valence-corrected chi connectivity index (χ4v) is 2.40. The largest absolute Gasteiger partial charge is 0.336 e. The summed E-state index contributed by atoms with van der Waals surface area (Å²) in [6, 6.07) is -0.392. The highest BCUT2D eigenvalue weighted by molar-refractivity contribution is 6.07. The number of nitrogens with one attached hydrogen (secondary N) is 2. The van der Waals surface area contributed by atoms with Gasteiger partial charge < -0.3 is 15.1 Å². The van der Waals surface area contributed by atoms with Crippen molar-refractivity contribution in [3.63, 3.8) is 0 Å². The molecule has 0 radical (unpaired) electrons. The average Bonchev–Trinajstić information content (AvgIpc) is 2.52. The van der Waals surface area contributed by atoms with Crippen molar-refractivity contribution in [3.05, 3.63) is 0 Å². The summed E-state index contributed by atoms with van der Waals surface area (Å²) in [4.78, 5) is 38.7. The van der Waals surface area contributed by atoms with Crippen LogP contribution in [-0.4, -0.2) is 65.4 Å². The molecule has 0 saturated carbocycles. The molecule has 4 amide bonds. The minimum absolute atomic E-state index is 0. The highest BCUT2D eigenvalue weighted by Crippen LogP contribution is 2.21. The van der Waals surface area contributed by atoms with E-state index >= 15 is 0 Å². The summed E-state index contributed by atoms with van der Waals surface area (Å²) >= 11 is 0. The lowest BCUT2D eigenvalue weighted by Crippen LogP contribution is -2.56. The first kappa shape index (κ1) is 16.7. The van der Waals surface area contributed by atoms with Crippen LogP contribution < -0.4 is 10.6 Å². The van der Waals surface area contributed by atoms with Crippen LogP contribution >= 0.6 is 12.4 Å². The summed E-state index contributed by atoms with van der Waals surface area (Å²) in [6.45, 7) is 7.32. The van der Waals surface area contributed by atoms with Gasteiger partial charge in [-0.15, -0.1) is 12.4 Å². The van der Waals surface area contributed by atoms with Gasteiger partial charge in [0.15, 0.2) is 0 Å². The zero-order chi connectivity index (χ0) is 14.2. The van der Waals surface area contributed by atoms with Crippen LogP contribution in [0.15, 0.2) is 0 Å². The Morgan fingerprint density at radius 3 is 2.55 bits per heavy atom. The van der Waals surface area contributed by atoms with Gasteiger partial charge >= 0.3 is 6.03 Å². The molecule has 8 heteroatoms. The molecule has 2 heterocycles. The molecule has 1 atom stereocenters. The summed E-state index contributed by atoms with van der Waals surface area (Å²) in [5, 5.41) is 5.45. The molecular formula is C12H21ClN4O3. The number of imide groups is 1. The first-order valence-corrected chi connectivity index (χ1v) is 6.47. The Bertz CT molecular complexity index is 427. The third-order valence-corrected chi connectivity index (χ3v) is 3.81. The molecule has 0 bridgehead atoms. The predicted molar refractivity (Wildman–Crippen MR) is 75.6 cm³/mol. The van der Waals surface area contributed by atoms with Crippen molar-refractivity contribution >= 4 is 30.3 Å². The summed E-state index contributed by atoms with van der Waals surface area (Å²) in [5.41, 5.74) is -0.968. The summed E-state index contributed by atoms with van der Waals surface area (Å²) in [5.74, 6) is -0.481. The number of amides is 4. The van der Waals surface area contributed by atoms with Crippen molar-refractivity contribution in [2.75, 3.05) is 26.2 Å². The van der Waals surface area contributed by atoms with Gasteiger partial charge in [0.1, 0.15) is 12.1 Å². The average molecular weight is 305 g/mol. The van der Waals surface area contributed by atoms with Crippen LogP contribution in [0.5, 0.6) is 0 Å². The topological polar surface area (TPSA) is 81.8 Å². The van der Waals surface area contributed by atoms with E-state index in [-0.39, 0.29) is 36.8 Å². The van der Waals surface area contributed by atoms with Gasteiger partial charge in [-0.1, -0.05) is 0 Å². The predicted octanol–water partition coefficient (Wildman–Crippen LogP) is -0.441. The Morgan fingerprint density at radius 1 is 1.40 bits per heavy atom. The quantitative estimate of drug-likeness (QED) is 0.678. The Kier molecular flexibility index (Phi) is 4.99. The van der Waals surface area contributed by atoms with E-state index < -0.39 is 11.6 Å². The van der Waals surface area contributed by atoms with Crippen LogP contribution in [0.2, 0.25) is 0 Å². The number of rotatable bonds is 2. The molecule has 2 saturated heterocycles. The van der Waals surface area contributed by atoms with Crippen molar-refractivity contribution in [3.8, 4) is 0 Å². The van der Waals surface area contributed by atoms with E-state index in [9.17, 15) is 14.4 Å². The zero-order valence-corrected chi connectivity index (χ0v) is 12.7. The van der Waals surface area contributed by atoms with Crippen LogP contribution in [0.1, 0.15) is 20.8 Å². The Labute approximate surface area is 124 Å². The second-order valence-electron chi connectivity index (χ2n) is 5.54. The molecule has 0 aromatic rings. The molecular weight excluding hydrogens is 284 g/mol. The van der Waals surface area contributed by atoms with Crippen molar-refractivity contribution in [2.45, 2.75) is 32.4 Å². The van der Waals surface area contributed by atoms with E-state index in [4.69, 9.17) is 0 Å². The fraction of sp³-hybridized carbons (Fsp3) is 0.750. The molecule has 2 rings (SSSR count). The smallest absolute Gasteiger partial charge is 0.325 e. The number of urea groups is 1. The van der Waals surface area contributed by atoms with Gasteiger partial charge in [0.05, 0.1) is 0 Å². The second-order valence-corrected chi connectivity index (χ2v) is 5.54. The molecule has 2 N–H and O–H groups in total. The van der Waals surface area contributed by atoms with Gasteiger partial charge in [0.2, 0.25) is 5.91 Å². The van der Waals surface area contributed by atoms with Gasteiger partial charge in [0.25, 0.3) is 5.91 Å². The third-order valence-electron chi connectivity index (χ3n) is 3.81. The van der Waals surface area contributed by atoms with E-state index in [1.165, 1.54) is 4.90 Å². The number of hydrogen-bond donors (Lipinski definition) is 2. The van der Waals surface area contributed by atoms with Crippen molar-refractivity contribution in [1.82, 2.24) is 20.4 Å². The minimum Gasteiger partial charge on any atom is -0.336 e. The molecule has 2 aliphatic rings. The summed E-state index contributed by atoms with van der Waals surface area (Å²) in [7, 11) is 0. The van der Waals surface area contributed by atoms with E-state index in [0.29, 0.717) is 6.54 Å². The summed E-state index contributed by atoms with van der Waals surface area (Å²) < 4.78 is 0. The van der Waals surface area contributed by atoms with E-state index in [0.717, 1.165) is 13.1 Å². The maximum Gasteiger partial charge on any atom is 0.325 e. The van der Waals surface area contributed by atoms with Gasteiger partial charge in [-0.3, -0.25) is 14.9 Å². The van der Waals surface area contributed by atoms with Crippen LogP contribution in [-0.2, 0) is 9.59 Å². The van der Waals surface area contributed by atoms with E-state index in [1.54, 1.807) is 18.7 Å². The number of nitrogens with zero attached hydrogens (tertiary/aromatic N) is 2. The van der Waals surface area contributed by atoms with Crippen molar-refractivity contribution in [1.29, 1.82) is 0 Å². The first-order chi connectivity index (χ1) is 8.84. The van der Waals surface area contributed by atoms with E-state index in [1.807, 2.05) is 6.92 Å². The number of carbonyl (C=O) groups excluding carboxylic acids is 3. The Morgan fingerprint density at radius 2 is 2.05 bits per heavy atom. The lowest BCUT2D eigenvalue weighted by atomic mass is 10.0. The molecule has 114 valence electrons. The first-order valence-electron chi connectivity index (χ1n) is 6.47. The highest BCUT2D eigenvalue weighted by atomic mass is 35.5. The van der Waals surface area contributed by atoms with Crippen molar-refractivity contribution < 1.29 is 14.4 Å². The standard InChI is InChI=1S/C12H20N4O3.ClH/c1-8-6-13-4-5-15(8)9(17)7-16-11(19)14-10(18)12(16,2)3;/h8,13H,4-7H2,1-3H3,(H,14,18,19);1H/t8-;/m0./s1. The highest BCUT2D eigenvalue weighted by Gasteiger charge is 2.46. The maximum absolute atomic E-state index is 12.3. The SMILES string of the molecule is C[C@H]1CNCCN1C(=O)CN1C(=O)NC(=O)C1(C)C.Cl. The van der Waals surface area contributed by atoms with Gasteiger partial charge in [-0.25, -0.2) is 4.79 Å². The lowest BCUT2D eigenvalue weighted by molar-refractivity contribution is -0.136. The minimum atomic E-state index is -0.968. The van der Waals surface area contributed by atoms with Crippen LogP contribution in [0.25, 0.3) is 0 Å². The van der Waals surface area contributed by atoms with E-state index in [2.05, 4.69) is 10.6 Å². The molecule has 0 aromatic carbocycles. The Hall–Kier alpha value is -1.34. The van der Waals surface area contributed by atoms with Crippen LogP contribution in [0, 0.1) is 0 Å². The summed E-state index contributed by atoms with van der Waals surface area (Å²) in [6.07, 6.45) is 0. The van der Waals surface area contributed by atoms with Gasteiger partial charge in [-0.05, 0) is 20.8 Å². The molecule has 2 aliphatic heterocycles. The number of piperazine rings is 1. The Balaban J connectivity index is 0.00000200. The van der Waals surface area contributed by atoms with Gasteiger partial charge in [0, 0.05) is 25.7 Å². The third kappa shape index (κ3) is 2.88. The zero-order valence-electron chi connectivity index (χ0n) is 11.9. The normalized spacial score (nSPS) is 25.2.